The predicted molar refractivity (Wildman–Crippen MR) is 62.0 cm³/mol. The van der Waals surface area contributed by atoms with E-state index in [0.717, 1.165) is 30.0 Å². The zero-order chi connectivity index (χ0) is 11.3. The third kappa shape index (κ3) is 1.07. The highest BCUT2D eigenvalue weighted by molar-refractivity contribution is 6.08. The number of anilines is 2. The smallest absolute Gasteiger partial charge is 0.250 e. The van der Waals surface area contributed by atoms with E-state index >= 15 is 0 Å². The molecule has 3 rings (SSSR count). The van der Waals surface area contributed by atoms with Gasteiger partial charge in [-0.15, -0.1) is 0 Å². The van der Waals surface area contributed by atoms with Crippen molar-refractivity contribution in [1.82, 2.24) is 0 Å². The lowest BCUT2D eigenvalue weighted by atomic mass is 10.1. The zero-order valence-corrected chi connectivity index (χ0v) is 9.41. The number of ether oxygens (including phenoxy) is 1. The summed E-state index contributed by atoms with van der Waals surface area (Å²) < 4.78 is 5.20. The fourth-order valence-corrected chi connectivity index (χ4v) is 2.32. The molecule has 0 aromatic heterocycles. The molecule has 16 heavy (non-hydrogen) atoms. The number of hydrogen-bond acceptors (Lipinski definition) is 3. The van der Waals surface area contributed by atoms with Gasteiger partial charge in [0.25, 0.3) is 0 Å². The van der Waals surface area contributed by atoms with E-state index in [-0.39, 0.29) is 11.4 Å². The molecule has 84 valence electrons. The number of benzene rings is 1. The average molecular weight is 218 g/mol. The SMILES string of the molecule is COc1ccc2c(c1)N(C)C1(CC1)C(=O)N2. The minimum Gasteiger partial charge on any atom is -0.497 e. The second kappa shape index (κ2) is 2.90. The van der Waals surface area contributed by atoms with Gasteiger partial charge >= 0.3 is 0 Å². The van der Waals surface area contributed by atoms with Crippen LogP contribution in [0.25, 0.3) is 0 Å². The molecule has 1 aliphatic heterocycles. The molecule has 4 heteroatoms. The molecule has 1 aromatic carbocycles. The van der Waals surface area contributed by atoms with E-state index in [9.17, 15) is 4.79 Å². The molecule has 1 fully saturated rings. The minimum absolute atomic E-state index is 0.118. The molecule has 1 spiro atoms. The van der Waals surface area contributed by atoms with E-state index in [1.165, 1.54) is 0 Å². The molecule has 1 aliphatic carbocycles. The molecule has 0 radical (unpaired) electrons. The van der Waals surface area contributed by atoms with Gasteiger partial charge in [0.05, 0.1) is 18.5 Å². The summed E-state index contributed by atoms with van der Waals surface area (Å²) in [5, 5.41) is 2.96. The Labute approximate surface area is 94.2 Å². The van der Waals surface area contributed by atoms with Gasteiger partial charge in [0.15, 0.2) is 0 Å². The fraction of sp³-hybridized carbons (Fsp3) is 0.417. The Hall–Kier alpha value is -1.71. The van der Waals surface area contributed by atoms with Crippen LogP contribution in [0.5, 0.6) is 5.75 Å². The average Bonchev–Trinajstić information content (AvgIpc) is 3.08. The first kappa shape index (κ1) is 9.51. The van der Waals surface area contributed by atoms with Crippen molar-refractivity contribution in [3.63, 3.8) is 0 Å². The summed E-state index contributed by atoms with van der Waals surface area (Å²) >= 11 is 0. The third-order valence-electron chi connectivity index (χ3n) is 3.60. The second-order valence-electron chi connectivity index (χ2n) is 4.43. The summed E-state index contributed by atoms with van der Waals surface area (Å²) in [6.07, 6.45) is 1.87. The monoisotopic (exact) mass is 218 g/mol. The number of carbonyl (C=O) groups excluding carboxylic acids is 1. The Balaban J connectivity index is 2.10. The van der Waals surface area contributed by atoms with Gasteiger partial charge in [-0.3, -0.25) is 4.79 Å². The van der Waals surface area contributed by atoms with Crippen molar-refractivity contribution in [3.8, 4) is 5.75 Å². The predicted octanol–water partition coefficient (Wildman–Crippen LogP) is 1.62. The highest BCUT2D eigenvalue weighted by Gasteiger charge is 2.56. The number of carbonyl (C=O) groups is 1. The largest absolute Gasteiger partial charge is 0.497 e. The van der Waals surface area contributed by atoms with Crippen LogP contribution in [-0.4, -0.2) is 25.6 Å². The quantitative estimate of drug-likeness (QED) is 0.778. The normalized spacial score (nSPS) is 20.4. The lowest BCUT2D eigenvalue weighted by Gasteiger charge is -2.35. The lowest BCUT2D eigenvalue weighted by molar-refractivity contribution is -0.118. The first-order valence-corrected chi connectivity index (χ1v) is 5.41. The van der Waals surface area contributed by atoms with E-state index in [2.05, 4.69) is 10.2 Å². The van der Waals surface area contributed by atoms with Gasteiger partial charge in [0.2, 0.25) is 5.91 Å². The maximum atomic E-state index is 11.9. The van der Waals surface area contributed by atoms with Crippen molar-refractivity contribution in [2.24, 2.45) is 0 Å². The van der Waals surface area contributed by atoms with Crippen LogP contribution in [0.4, 0.5) is 11.4 Å². The number of amides is 1. The Morgan fingerprint density at radius 2 is 2.19 bits per heavy atom. The van der Waals surface area contributed by atoms with Gasteiger partial charge in [-0.2, -0.15) is 0 Å². The van der Waals surface area contributed by atoms with Crippen molar-refractivity contribution in [3.05, 3.63) is 18.2 Å². The van der Waals surface area contributed by atoms with Gasteiger partial charge in [0, 0.05) is 13.1 Å². The molecule has 1 aromatic rings. The maximum Gasteiger partial charge on any atom is 0.250 e. The van der Waals surface area contributed by atoms with Crippen LogP contribution in [0.1, 0.15) is 12.8 Å². The lowest BCUT2D eigenvalue weighted by Crippen LogP contribution is -2.48. The van der Waals surface area contributed by atoms with Crippen LogP contribution < -0.4 is 15.0 Å². The van der Waals surface area contributed by atoms with Crippen LogP contribution in [0.15, 0.2) is 18.2 Å². The van der Waals surface area contributed by atoms with Crippen LogP contribution in [-0.2, 0) is 4.79 Å². The van der Waals surface area contributed by atoms with Crippen LogP contribution in [0, 0.1) is 0 Å². The van der Waals surface area contributed by atoms with Crippen molar-refractivity contribution in [1.29, 1.82) is 0 Å². The molecular weight excluding hydrogens is 204 g/mol. The molecule has 1 amide bonds. The molecule has 1 N–H and O–H groups in total. The van der Waals surface area contributed by atoms with E-state index in [1.54, 1.807) is 7.11 Å². The number of nitrogens with zero attached hydrogens (tertiary/aromatic N) is 1. The Morgan fingerprint density at radius 1 is 1.44 bits per heavy atom. The number of fused-ring (bicyclic) bond motifs is 1. The first-order valence-electron chi connectivity index (χ1n) is 5.41. The third-order valence-corrected chi connectivity index (χ3v) is 3.60. The van der Waals surface area contributed by atoms with E-state index in [1.807, 2.05) is 25.2 Å². The number of rotatable bonds is 1. The Kier molecular flexibility index (Phi) is 1.73. The summed E-state index contributed by atoms with van der Waals surface area (Å²) in [4.78, 5) is 14.0. The van der Waals surface area contributed by atoms with Gasteiger partial charge < -0.3 is 15.0 Å². The minimum atomic E-state index is -0.292. The molecule has 0 saturated heterocycles. The second-order valence-corrected chi connectivity index (χ2v) is 4.43. The van der Waals surface area contributed by atoms with E-state index < -0.39 is 0 Å². The number of methoxy groups -OCH3 is 1. The van der Waals surface area contributed by atoms with Crippen LogP contribution >= 0.6 is 0 Å². The van der Waals surface area contributed by atoms with Crippen molar-refractivity contribution in [2.45, 2.75) is 18.4 Å². The highest BCUT2D eigenvalue weighted by Crippen LogP contribution is 2.49. The summed E-state index contributed by atoms with van der Waals surface area (Å²) in [6, 6.07) is 5.71. The maximum absolute atomic E-state index is 11.9. The Morgan fingerprint density at radius 3 is 2.81 bits per heavy atom. The summed E-state index contributed by atoms with van der Waals surface area (Å²) in [6.45, 7) is 0. The number of hydrogen-bond donors (Lipinski definition) is 1. The van der Waals surface area contributed by atoms with Gasteiger partial charge in [-0.25, -0.2) is 0 Å². The molecule has 0 atom stereocenters. The fourth-order valence-electron chi connectivity index (χ4n) is 2.32. The molecule has 0 bridgehead atoms. The van der Waals surface area contributed by atoms with Crippen molar-refractivity contribution >= 4 is 17.3 Å². The molecule has 2 aliphatic rings. The summed E-state index contributed by atoms with van der Waals surface area (Å²) in [7, 11) is 3.63. The van der Waals surface area contributed by atoms with Crippen molar-refractivity contribution in [2.75, 3.05) is 24.4 Å². The summed E-state index contributed by atoms with van der Waals surface area (Å²) in [5.74, 6) is 0.935. The standard InChI is InChI=1S/C12H14N2O2/c1-14-10-7-8(16-2)3-4-9(10)13-11(15)12(14)5-6-12/h3-4,7H,5-6H2,1-2H3,(H,13,15). The molecule has 0 unspecified atom stereocenters. The molecular formula is C12H14N2O2. The van der Waals surface area contributed by atoms with Gasteiger partial charge in [-0.05, 0) is 25.0 Å². The Bertz CT molecular complexity index is 466. The number of nitrogens with one attached hydrogen (secondary N) is 1. The summed E-state index contributed by atoms with van der Waals surface area (Å²) in [5.41, 5.74) is 1.61. The highest BCUT2D eigenvalue weighted by atomic mass is 16.5. The van der Waals surface area contributed by atoms with Crippen LogP contribution in [0.3, 0.4) is 0 Å². The van der Waals surface area contributed by atoms with Crippen LogP contribution in [0.2, 0.25) is 0 Å². The van der Waals surface area contributed by atoms with Gasteiger partial charge in [0.1, 0.15) is 11.3 Å². The van der Waals surface area contributed by atoms with Gasteiger partial charge in [-0.1, -0.05) is 0 Å². The zero-order valence-electron chi connectivity index (χ0n) is 9.41. The van der Waals surface area contributed by atoms with E-state index in [0.29, 0.717) is 0 Å². The number of likely N-dealkylation sites (N-methyl/N-ethyl adjacent to an activating group) is 1. The van der Waals surface area contributed by atoms with E-state index in [4.69, 9.17) is 4.74 Å². The molecule has 4 nitrogen and oxygen atoms in total. The van der Waals surface area contributed by atoms with Crippen molar-refractivity contribution < 1.29 is 9.53 Å². The molecule has 1 heterocycles. The first-order chi connectivity index (χ1) is 7.67. The topological polar surface area (TPSA) is 41.6 Å². The molecule has 1 saturated carbocycles.